The first-order chi connectivity index (χ1) is 31.7. The normalized spacial score (nSPS) is 14.0. The Bertz CT molecular complexity index is 1320. The van der Waals surface area contributed by atoms with Gasteiger partial charge in [0.05, 0.1) is 18.8 Å². The van der Waals surface area contributed by atoms with Crippen LogP contribution in [0.15, 0.2) is 134 Å². The van der Waals surface area contributed by atoms with Crippen LogP contribution in [0.3, 0.4) is 0 Å². The number of hydrogen-bond acceptors (Lipinski definition) is 3. The standard InChI is InChI=1S/C60H99NO3/c1-3-5-7-9-11-13-15-16-17-18-19-20-21-22-23-24-25-26-27-28-29-30-31-32-33-34-35-36-37-38-39-40-41-42-43-44-46-48-50-52-54-56-60(64)61-58(57-62)59(63)55-53-51-49-47-45-14-12-10-8-6-4-2/h5,7,11,13,16-17,19-20,22-23,25-26,28-29,31-32,34-35,37-38,53,55,58-59,62-63H,3-4,6,8-10,12,14-15,18,21,24,27,30,33,36,39-52,54,56-57H2,1-2H3,(H,61,64)/b7-5-,13-11-,17-16-,20-19-,23-22-,26-25-,29-28-,32-31-,35-34-,38-37-,55-53+. The highest BCUT2D eigenvalue weighted by Gasteiger charge is 2.17. The Hall–Kier alpha value is -3.47. The lowest BCUT2D eigenvalue weighted by molar-refractivity contribution is -0.123. The minimum atomic E-state index is -0.847. The second-order valence-electron chi connectivity index (χ2n) is 17.2. The summed E-state index contributed by atoms with van der Waals surface area (Å²) < 4.78 is 0. The Labute approximate surface area is 396 Å². The maximum absolute atomic E-state index is 12.4. The number of hydrogen-bond donors (Lipinski definition) is 3. The molecule has 0 heterocycles. The number of carbonyl (C=O) groups excluding carboxylic acids is 1. The van der Waals surface area contributed by atoms with Crippen molar-refractivity contribution in [1.29, 1.82) is 0 Å². The van der Waals surface area contributed by atoms with Crippen LogP contribution in [-0.4, -0.2) is 34.9 Å². The summed E-state index contributed by atoms with van der Waals surface area (Å²) in [6.07, 6.45) is 84.5. The highest BCUT2D eigenvalue weighted by molar-refractivity contribution is 5.76. The molecule has 0 saturated heterocycles. The van der Waals surface area contributed by atoms with Gasteiger partial charge < -0.3 is 15.5 Å². The molecule has 64 heavy (non-hydrogen) atoms. The molecule has 0 radical (unpaired) electrons. The van der Waals surface area contributed by atoms with Gasteiger partial charge in [0.25, 0.3) is 0 Å². The third kappa shape index (κ3) is 49.5. The zero-order chi connectivity index (χ0) is 46.3. The number of aliphatic hydroxyl groups is 2. The lowest BCUT2D eigenvalue weighted by Gasteiger charge is -2.20. The van der Waals surface area contributed by atoms with Crippen molar-refractivity contribution in [2.45, 2.75) is 231 Å². The van der Waals surface area contributed by atoms with Gasteiger partial charge in [0.1, 0.15) is 0 Å². The van der Waals surface area contributed by atoms with E-state index < -0.39 is 12.1 Å². The Balaban J connectivity index is 3.61. The van der Waals surface area contributed by atoms with Crippen molar-refractivity contribution in [3.8, 4) is 0 Å². The van der Waals surface area contributed by atoms with Gasteiger partial charge in [0.15, 0.2) is 0 Å². The van der Waals surface area contributed by atoms with Crippen molar-refractivity contribution in [2.24, 2.45) is 0 Å². The maximum Gasteiger partial charge on any atom is 0.220 e. The van der Waals surface area contributed by atoms with Crippen molar-refractivity contribution in [2.75, 3.05) is 6.61 Å². The van der Waals surface area contributed by atoms with Crippen molar-refractivity contribution in [3.05, 3.63) is 134 Å². The van der Waals surface area contributed by atoms with E-state index in [4.69, 9.17) is 0 Å². The van der Waals surface area contributed by atoms with Gasteiger partial charge in [-0.15, -0.1) is 0 Å². The zero-order valence-electron chi connectivity index (χ0n) is 41.5. The fourth-order valence-corrected chi connectivity index (χ4v) is 7.15. The Kier molecular flexibility index (Phi) is 50.9. The number of aliphatic hydroxyl groups excluding tert-OH is 2. The summed E-state index contributed by atoms with van der Waals surface area (Å²) >= 11 is 0. The molecule has 0 rings (SSSR count). The van der Waals surface area contributed by atoms with Crippen molar-refractivity contribution >= 4 is 5.91 Å². The minimum Gasteiger partial charge on any atom is -0.394 e. The molecule has 0 fully saturated rings. The quantitative estimate of drug-likeness (QED) is 0.0421. The molecule has 2 unspecified atom stereocenters. The molecule has 0 aliphatic heterocycles. The van der Waals surface area contributed by atoms with Crippen LogP contribution in [-0.2, 0) is 4.79 Å². The molecule has 1 amide bonds. The number of carbonyl (C=O) groups is 1. The van der Waals surface area contributed by atoms with Gasteiger partial charge in [-0.25, -0.2) is 0 Å². The monoisotopic (exact) mass is 882 g/mol. The second kappa shape index (κ2) is 53.9. The van der Waals surface area contributed by atoms with E-state index in [1.807, 2.05) is 6.08 Å². The van der Waals surface area contributed by atoms with Crippen molar-refractivity contribution < 1.29 is 15.0 Å². The summed E-state index contributed by atoms with van der Waals surface area (Å²) in [5, 5.41) is 23.0. The molecule has 0 aromatic carbocycles. The van der Waals surface area contributed by atoms with E-state index in [1.54, 1.807) is 6.08 Å². The Morgan fingerprint density at radius 2 is 0.688 bits per heavy atom. The summed E-state index contributed by atoms with van der Waals surface area (Å²) in [7, 11) is 0. The average Bonchev–Trinajstić information content (AvgIpc) is 3.30. The van der Waals surface area contributed by atoms with Crippen LogP contribution in [0.2, 0.25) is 0 Å². The molecular weight excluding hydrogens is 783 g/mol. The average molecular weight is 882 g/mol. The van der Waals surface area contributed by atoms with E-state index in [9.17, 15) is 15.0 Å². The number of rotatable bonds is 46. The number of amides is 1. The van der Waals surface area contributed by atoms with Gasteiger partial charge in [0, 0.05) is 6.42 Å². The van der Waals surface area contributed by atoms with Crippen molar-refractivity contribution in [3.63, 3.8) is 0 Å². The molecule has 0 saturated carbocycles. The van der Waals surface area contributed by atoms with Crippen molar-refractivity contribution in [1.82, 2.24) is 5.32 Å². The van der Waals surface area contributed by atoms with Gasteiger partial charge in [0.2, 0.25) is 5.91 Å². The third-order valence-corrected chi connectivity index (χ3v) is 11.1. The van der Waals surface area contributed by atoms with Crippen LogP contribution in [0.4, 0.5) is 0 Å². The fourth-order valence-electron chi connectivity index (χ4n) is 7.15. The van der Waals surface area contributed by atoms with Crippen LogP contribution in [0.1, 0.15) is 219 Å². The lowest BCUT2D eigenvalue weighted by Crippen LogP contribution is -2.45. The molecule has 362 valence electrons. The van der Waals surface area contributed by atoms with E-state index in [2.05, 4.69) is 141 Å². The maximum atomic E-state index is 12.4. The van der Waals surface area contributed by atoms with E-state index >= 15 is 0 Å². The summed E-state index contributed by atoms with van der Waals surface area (Å²) in [5.74, 6) is -0.0760. The molecule has 0 aliphatic carbocycles. The molecule has 0 aromatic rings. The van der Waals surface area contributed by atoms with E-state index in [1.165, 1.54) is 109 Å². The largest absolute Gasteiger partial charge is 0.394 e. The molecule has 4 heteroatoms. The van der Waals surface area contributed by atoms with E-state index in [0.717, 1.165) is 89.9 Å². The van der Waals surface area contributed by atoms with Gasteiger partial charge in [-0.2, -0.15) is 0 Å². The Morgan fingerprint density at radius 3 is 1.03 bits per heavy atom. The smallest absolute Gasteiger partial charge is 0.220 e. The van der Waals surface area contributed by atoms with Gasteiger partial charge in [-0.1, -0.05) is 250 Å². The predicted molar refractivity (Wildman–Crippen MR) is 285 cm³/mol. The van der Waals surface area contributed by atoms with Gasteiger partial charge in [-0.3, -0.25) is 4.79 Å². The molecule has 3 N–H and O–H groups in total. The number of allylic oxidation sites excluding steroid dienone is 21. The van der Waals surface area contributed by atoms with Crippen LogP contribution in [0.5, 0.6) is 0 Å². The molecule has 0 aliphatic rings. The van der Waals surface area contributed by atoms with Crippen LogP contribution < -0.4 is 5.32 Å². The lowest BCUT2D eigenvalue weighted by atomic mass is 10.0. The Morgan fingerprint density at radius 1 is 0.391 bits per heavy atom. The van der Waals surface area contributed by atoms with Gasteiger partial charge >= 0.3 is 0 Å². The van der Waals surface area contributed by atoms with Crippen LogP contribution in [0.25, 0.3) is 0 Å². The zero-order valence-corrected chi connectivity index (χ0v) is 41.5. The first-order valence-electron chi connectivity index (χ1n) is 26.4. The highest BCUT2D eigenvalue weighted by Crippen LogP contribution is 2.14. The molecular formula is C60H99NO3. The van der Waals surface area contributed by atoms with Crippen LogP contribution >= 0.6 is 0 Å². The predicted octanol–water partition coefficient (Wildman–Crippen LogP) is 17.5. The van der Waals surface area contributed by atoms with E-state index in [-0.39, 0.29) is 12.5 Å². The molecule has 0 spiro atoms. The summed E-state index contributed by atoms with van der Waals surface area (Å²) in [6, 6.07) is -0.631. The fraction of sp³-hybridized carbons (Fsp3) is 0.617. The number of unbranched alkanes of at least 4 members (excludes halogenated alkanes) is 19. The van der Waals surface area contributed by atoms with E-state index in [0.29, 0.717) is 6.42 Å². The summed E-state index contributed by atoms with van der Waals surface area (Å²) in [5.41, 5.74) is 0. The first kappa shape index (κ1) is 60.5. The highest BCUT2D eigenvalue weighted by atomic mass is 16.3. The third-order valence-electron chi connectivity index (χ3n) is 11.1. The second-order valence-corrected chi connectivity index (χ2v) is 17.2. The molecule has 0 aromatic heterocycles. The molecule has 0 bridgehead atoms. The summed E-state index contributed by atoms with van der Waals surface area (Å²) in [4.78, 5) is 12.4. The minimum absolute atomic E-state index is 0.0760. The first-order valence-corrected chi connectivity index (χ1v) is 26.4. The number of nitrogens with one attached hydrogen (secondary N) is 1. The molecule has 4 nitrogen and oxygen atoms in total. The van der Waals surface area contributed by atoms with Gasteiger partial charge in [-0.05, 0) is 96.3 Å². The van der Waals surface area contributed by atoms with Crippen LogP contribution in [0, 0.1) is 0 Å². The molecule has 2 atom stereocenters. The summed E-state index contributed by atoms with van der Waals surface area (Å²) in [6.45, 7) is 4.16. The topological polar surface area (TPSA) is 69.6 Å². The SMILES string of the molecule is CC/C=C\C/C=C\C/C=C\C/C=C\C/C=C\C/C=C\C/C=C\C/C=C\C/C=C\C/C=C\CCCCCCCCCCCCC(=O)NC(CO)C(O)/C=C/CCCCCCCCCCC.